The average molecular weight is 383 g/mol. The maximum atomic E-state index is 12.5. The third kappa shape index (κ3) is 5.63. The normalized spacial score (nSPS) is 16.4. The summed E-state index contributed by atoms with van der Waals surface area (Å²) in [5.74, 6) is -0.271. The molecule has 0 radical (unpaired) electrons. The van der Waals surface area contributed by atoms with Crippen molar-refractivity contribution >= 4 is 50.5 Å². The number of halogens is 3. The molecular formula is C13H16F3N3OS3. The minimum atomic E-state index is -4.38. The van der Waals surface area contributed by atoms with Gasteiger partial charge in [-0.2, -0.15) is 13.2 Å². The van der Waals surface area contributed by atoms with Gasteiger partial charge in [-0.3, -0.25) is 4.79 Å². The molecule has 1 N–H and O–H groups in total. The summed E-state index contributed by atoms with van der Waals surface area (Å²) in [7, 11) is 2.04. The molecule has 0 bridgehead atoms. The highest BCUT2D eigenvalue weighted by Crippen LogP contribution is 2.36. The number of anilines is 1. The van der Waals surface area contributed by atoms with Gasteiger partial charge in [0.15, 0.2) is 0 Å². The van der Waals surface area contributed by atoms with E-state index in [1.54, 1.807) is 0 Å². The molecule has 1 aromatic heterocycles. The van der Waals surface area contributed by atoms with Crippen molar-refractivity contribution in [2.75, 3.05) is 44.3 Å². The number of carbonyl (C=O) groups excluding carboxylic acids is 1. The summed E-state index contributed by atoms with van der Waals surface area (Å²) in [6.45, 7) is 3.48. The third-order valence-electron chi connectivity index (χ3n) is 3.24. The molecule has 0 aliphatic carbocycles. The molecule has 0 spiro atoms. The van der Waals surface area contributed by atoms with Crippen LogP contribution in [0.1, 0.15) is 4.88 Å². The number of hydrogen-bond donors (Lipinski definition) is 1. The Hall–Kier alpha value is -0.840. The van der Waals surface area contributed by atoms with Gasteiger partial charge in [-0.05, 0) is 19.2 Å². The number of nitrogens with one attached hydrogen (secondary N) is 1. The number of carbonyl (C=O) groups is 1. The van der Waals surface area contributed by atoms with Gasteiger partial charge in [0.2, 0.25) is 5.91 Å². The highest BCUT2D eigenvalue weighted by molar-refractivity contribution is 8.23. The van der Waals surface area contributed by atoms with Crippen LogP contribution in [0.4, 0.5) is 18.2 Å². The van der Waals surface area contributed by atoms with Crippen LogP contribution in [-0.4, -0.2) is 59.0 Å². The van der Waals surface area contributed by atoms with Gasteiger partial charge < -0.3 is 15.1 Å². The Bertz CT molecular complexity index is 568. The first-order chi connectivity index (χ1) is 10.8. The van der Waals surface area contributed by atoms with Crippen LogP contribution in [0.3, 0.4) is 0 Å². The van der Waals surface area contributed by atoms with Crippen molar-refractivity contribution in [2.24, 2.45) is 0 Å². The van der Waals surface area contributed by atoms with Crippen molar-refractivity contribution < 1.29 is 18.0 Å². The molecule has 2 heterocycles. The molecule has 4 nitrogen and oxygen atoms in total. The lowest BCUT2D eigenvalue weighted by Crippen LogP contribution is -2.46. The number of nitrogens with zero attached hydrogens (tertiary/aromatic N) is 2. The van der Waals surface area contributed by atoms with Crippen molar-refractivity contribution in [3.63, 3.8) is 0 Å². The van der Waals surface area contributed by atoms with E-state index < -0.39 is 11.1 Å². The predicted octanol–water partition coefficient (Wildman–Crippen LogP) is 2.97. The number of hydrogen-bond acceptors (Lipinski definition) is 5. The van der Waals surface area contributed by atoms with E-state index in [1.165, 1.54) is 17.8 Å². The zero-order valence-electron chi connectivity index (χ0n) is 12.4. The average Bonchev–Trinajstić information content (AvgIpc) is 2.94. The molecule has 0 atom stereocenters. The Kier molecular flexibility index (Phi) is 6.29. The van der Waals surface area contributed by atoms with Crippen LogP contribution in [-0.2, 0) is 11.0 Å². The fraction of sp³-hybridized carbons (Fsp3) is 0.538. The smallest absolute Gasteiger partial charge is 0.355 e. The Labute approximate surface area is 146 Å². The van der Waals surface area contributed by atoms with Crippen LogP contribution >= 0.6 is 35.3 Å². The van der Waals surface area contributed by atoms with Crippen molar-refractivity contribution in [2.45, 2.75) is 6.18 Å². The van der Waals surface area contributed by atoms with Crippen LogP contribution in [0, 0.1) is 0 Å². The molecule has 1 aliphatic rings. The Morgan fingerprint density at radius 2 is 2.00 bits per heavy atom. The van der Waals surface area contributed by atoms with Gasteiger partial charge in [0.25, 0.3) is 0 Å². The molecule has 2 rings (SSSR count). The molecule has 1 aromatic rings. The summed E-state index contributed by atoms with van der Waals surface area (Å²) in [5.41, 5.74) is 0. The molecule has 128 valence electrons. The molecule has 1 fully saturated rings. The van der Waals surface area contributed by atoms with Gasteiger partial charge in [-0.15, -0.1) is 11.3 Å². The van der Waals surface area contributed by atoms with Crippen LogP contribution in [0.15, 0.2) is 12.1 Å². The monoisotopic (exact) mass is 383 g/mol. The van der Waals surface area contributed by atoms with E-state index in [0.29, 0.717) is 15.7 Å². The van der Waals surface area contributed by atoms with E-state index in [1.807, 2.05) is 11.9 Å². The first-order valence-electron chi connectivity index (χ1n) is 6.83. The topological polar surface area (TPSA) is 35.6 Å². The molecule has 23 heavy (non-hydrogen) atoms. The van der Waals surface area contributed by atoms with Gasteiger partial charge >= 0.3 is 6.18 Å². The lowest BCUT2D eigenvalue weighted by molar-refractivity contribution is -0.134. The van der Waals surface area contributed by atoms with Gasteiger partial charge in [0, 0.05) is 26.2 Å². The Morgan fingerprint density at radius 1 is 1.35 bits per heavy atom. The molecular weight excluding hydrogens is 367 g/mol. The lowest BCUT2D eigenvalue weighted by atomic mass is 10.4. The standard InChI is InChI=1S/C13H16F3N3OS3/c1-18-4-6-19(7-5-18)12(21)22-8-10(20)17-11-3-2-9(23-11)13(14,15)16/h2-3H,4-8H2,1H3,(H,17,20). The van der Waals surface area contributed by atoms with Crippen molar-refractivity contribution in [1.82, 2.24) is 9.80 Å². The van der Waals surface area contributed by atoms with Gasteiger partial charge in [0.1, 0.15) is 9.20 Å². The number of rotatable bonds is 3. The van der Waals surface area contributed by atoms with E-state index >= 15 is 0 Å². The zero-order valence-corrected chi connectivity index (χ0v) is 14.8. The molecule has 0 unspecified atom stereocenters. The maximum Gasteiger partial charge on any atom is 0.425 e. The van der Waals surface area contributed by atoms with Gasteiger partial charge in [-0.1, -0.05) is 24.0 Å². The summed E-state index contributed by atoms with van der Waals surface area (Å²) in [5, 5.41) is 2.66. The van der Waals surface area contributed by atoms with E-state index in [-0.39, 0.29) is 16.7 Å². The number of amides is 1. The van der Waals surface area contributed by atoms with Crippen LogP contribution in [0.25, 0.3) is 0 Å². The summed E-state index contributed by atoms with van der Waals surface area (Å²) in [6.07, 6.45) is -4.38. The summed E-state index contributed by atoms with van der Waals surface area (Å²) in [6, 6.07) is 2.22. The highest BCUT2D eigenvalue weighted by Gasteiger charge is 2.32. The van der Waals surface area contributed by atoms with Gasteiger partial charge in [0.05, 0.1) is 10.8 Å². The molecule has 0 aromatic carbocycles. The fourth-order valence-electron chi connectivity index (χ4n) is 1.94. The van der Waals surface area contributed by atoms with Crippen molar-refractivity contribution in [3.8, 4) is 0 Å². The number of thiocarbonyl (C=S) groups is 1. The molecule has 10 heteroatoms. The molecule has 1 aliphatic heterocycles. The second-order valence-electron chi connectivity index (χ2n) is 5.05. The largest absolute Gasteiger partial charge is 0.425 e. The van der Waals surface area contributed by atoms with Crippen molar-refractivity contribution in [3.05, 3.63) is 17.0 Å². The maximum absolute atomic E-state index is 12.5. The second kappa shape index (κ2) is 7.82. The number of thioether (sulfide) groups is 1. The number of piperazine rings is 1. The molecule has 1 saturated heterocycles. The van der Waals surface area contributed by atoms with E-state index in [9.17, 15) is 18.0 Å². The number of likely N-dealkylation sites (N-methyl/N-ethyl adjacent to an activating group) is 1. The first-order valence-corrected chi connectivity index (χ1v) is 9.04. The molecule has 1 amide bonds. The Morgan fingerprint density at radius 3 is 2.57 bits per heavy atom. The SMILES string of the molecule is CN1CCN(C(=S)SCC(=O)Nc2ccc(C(F)(F)F)s2)CC1. The first kappa shape index (κ1) is 18.5. The quantitative estimate of drug-likeness (QED) is 0.812. The van der Waals surface area contributed by atoms with E-state index in [2.05, 4.69) is 10.2 Å². The minimum Gasteiger partial charge on any atom is -0.355 e. The summed E-state index contributed by atoms with van der Waals surface area (Å²) < 4.78 is 38.1. The number of thiophene rings is 1. The number of alkyl halides is 3. The summed E-state index contributed by atoms with van der Waals surface area (Å²) >= 11 is 7.04. The van der Waals surface area contributed by atoms with E-state index in [4.69, 9.17) is 12.2 Å². The minimum absolute atomic E-state index is 0.0877. The summed E-state index contributed by atoms with van der Waals surface area (Å²) in [4.78, 5) is 15.3. The van der Waals surface area contributed by atoms with Crippen molar-refractivity contribution in [1.29, 1.82) is 0 Å². The zero-order chi connectivity index (χ0) is 17.0. The highest BCUT2D eigenvalue weighted by atomic mass is 32.2. The van der Waals surface area contributed by atoms with Crippen LogP contribution in [0.5, 0.6) is 0 Å². The van der Waals surface area contributed by atoms with Crippen LogP contribution < -0.4 is 5.32 Å². The van der Waals surface area contributed by atoms with Gasteiger partial charge in [-0.25, -0.2) is 0 Å². The lowest BCUT2D eigenvalue weighted by Gasteiger charge is -2.33. The third-order valence-corrected chi connectivity index (χ3v) is 5.81. The fourth-order valence-corrected chi connectivity index (χ4v) is 3.78. The molecule has 0 saturated carbocycles. The Balaban J connectivity index is 1.77. The van der Waals surface area contributed by atoms with E-state index in [0.717, 1.165) is 32.2 Å². The second-order valence-corrected chi connectivity index (χ2v) is 7.75. The predicted molar refractivity (Wildman–Crippen MR) is 92.1 cm³/mol. The van der Waals surface area contributed by atoms with Crippen LogP contribution in [0.2, 0.25) is 0 Å².